The van der Waals surface area contributed by atoms with Gasteiger partial charge in [-0.1, -0.05) is 0 Å². The molecule has 8 nitrogen and oxygen atoms in total. The Kier molecular flexibility index (Phi) is 3.89. The van der Waals surface area contributed by atoms with E-state index in [1.54, 1.807) is 0 Å². The van der Waals surface area contributed by atoms with E-state index in [2.05, 4.69) is 58.5 Å². The normalized spacial score (nSPS) is 27.6. The first kappa shape index (κ1) is 18.5. The molecule has 3 aromatic rings. The molecular weight excluding hydrogens is 404 g/mol. The number of H-pyrrole nitrogens is 2. The summed E-state index contributed by atoms with van der Waals surface area (Å²) < 4.78 is 0. The molecule has 4 aliphatic rings. The molecule has 3 aromatic heterocycles. The van der Waals surface area contributed by atoms with Crippen molar-refractivity contribution in [2.45, 2.75) is 24.0 Å². The fraction of sp³-hybridized carbons (Fsp3) is 0.333. The molecule has 2 N–H and O–H groups in total. The van der Waals surface area contributed by atoms with Crippen LogP contribution in [0.1, 0.15) is 46.8 Å². The van der Waals surface area contributed by atoms with E-state index in [0.717, 1.165) is 57.9 Å². The van der Waals surface area contributed by atoms with Crippen LogP contribution in [0.15, 0.2) is 48.5 Å². The molecule has 8 heteroatoms. The standard InChI is InChI=1S/C24H24N6O2/c1-29-11-17-19-8-15-5-3-13(25-15)7-14-4-6-16(26-14)9-20-18-12-30(2)32-24(18)22(28-20)10-21(27-19)23(17)31-29/h3-10,17-18,23-26H,11-12H2,1-2H3. The molecule has 32 heavy (non-hydrogen) atoms. The first-order valence-corrected chi connectivity index (χ1v) is 11.0. The van der Waals surface area contributed by atoms with Gasteiger partial charge in [-0.05, 0) is 48.5 Å². The summed E-state index contributed by atoms with van der Waals surface area (Å²) >= 11 is 0. The van der Waals surface area contributed by atoms with Crippen LogP contribution in [0, 0.1) is 0 Å². The molecule has 4 atom stereocenters. The second-order valence-corrected chi connectivity index (χ2v) is 9.12. The zero-order chi connectivity index (χ0) is 21.4. The fourth-order valence-corrected chi connectivity index (χ4v) is 5.32. The Bertz CT molecular complexity index is 1280. The van der Waals surface area contributed by atoms with Crippen molar-refractivity contribution in [1.29, 1.82) is 0 Å². The van der Waals surface area contributed by atoms with E-state index >= 15 is 0 Å². The molecule has 7 rings (SSSR count). The number of hydroxylamine groups is 4. The monoisotopic (exact) mass is 428 g/mol. The second kappa shape index (κ2) is 6.73. The van der Waals surface area contributed by atoms with Crippen LogP contribution in [0.4, 0.5) is 0 Å². The van der Waals surface area contributed by atoms with Crippen LogP contribution in [0.25, 0.3) is 22.1 Å². The van der Waals surface area contributed by atoms with Gasteiger partial charge in [-0.15, -0.1) is 0 Å². The van der Waals surface area contributed by atoms with Crippen LogP contribution in [0.2, 0.25) is 0 Å². The van der Waals surface area contributed by atoms with Gasteiger partial charge in [0.25, 0.3) is 0 Å². The van der Waals surface area contributed by atoms with Gasteiger partial charge in [0, 0.05) is 49.3 Å². The van der Waals surface area contributed by atoms with E-state index in [1.165, 1.54) is 0 Å². The van der Waals surface area contributed by atoms with Gasteiger partial charge in [-0.2, -0.15) is 10.1 Å². The highest BCUT2D eigenvalue weighted by molar-refractivity contribution is 5.68. The molecule has 0 spiro atoms. The first-order valence-electron chi connectivity index (χ1n) is 11.0. The largest absolute Gasteiger partial charge is 0.355 e. The van der Waals surface area contributed by atoms with E-state index in [1.807, 2.05) is 24.2 Å². The van der Waals surface area contributed by atoms with Crippen LogP contribution in [-0.2, 0) is 9.68 Å². The molecule has 0 amide bonds. The maximum atomic E-state index is 6.13. The van der Waals surface area contributed by atoms with E-state index in [0.29, 0.717) is 0 Å². The predicted molar refractivity (Wildman–Crippen MR) is 119 cm³/mol. The van der Waals surface area contributed by atoms with Gasteiger partial charge in [0.05, 0.1) is 34.6 Å². The molecule has 2 fully saturated rings. The number of rotatable bonds is 0. The summed E-state index contributed by atoms with van der Waals surface area (Å²) in [6.07, 6.45) is -0.191. The number of nitrogens with one attached hydrogen (secondary N) is 2. The molecule has 0 saturated carbocycles. The number of hydrogen-bond acceptors (Lipinski definition) is 6. The Labute approximate surface area is 184 Å². The molecule has 7 heterocycles. The van der Waals surface area contributed by atoms with Crippen LogP contribution in [-0.4, -0.2) is 57.2 Å². The summed E-state index contributed by atoms with van der Waals surface area (Å²) in [7, 11) is 3.95. The summed E-state index contributed by atoms with van der Waals surface area (Å²) in [4.78, 5) is 29.2. The lowest BCUT2D eigenvalue weighted by molar-refractivity contribution is -0.130. The van der Waals surface area contributed by atoms with Gasteiger partial charge in [-0.25, -0.2) is 0 Å². The minimum Gasteiger partial charge on any atom is -0.355 e. The number of aromatic amines is 2. The van der Waals surface area contributed by atoms with Crippen molar-refractivity contribution in [1.82, 2.24) is 30.1 Å². The Morgan fingerprint density at radius 3 is 1.56 bits per heavy atom. The highest BCUT2D eigenvalue weighted by Crippen LogP contribution is 2.46. The molecule has 0 aromatic carbocycles. The highest BCUT2D eigenvalue weighted by atomic mass is 16.7. The van der Waals surface area contributed by atoms with Crippen molar-refractivity contribution in [3.05, 3.63) is 71.3 Å². The zero-order valence-electron chi connectivity index (χ0n) is 17.9. The Morgan fingerprint density at radius 2 is 1.09 bits per heavy atom. The lowest BCUT2D eigenvalue weighted by Crippen LogP contribution is -2.13. The van der Waals surface area contributed by atoms with Gasteiger partial charge in [0.2, 0.25) is 0 Å². The maximum Gasteiger partial charge on any atom is 0.131 e. The number of fused-ring (bicyclic) bond motifs is 14. The molecular formula is C24H24N6O2. The van der Waals surface area contributed by atoms with Crippen LogP contribution in [0.5, 0.6) is 0 Å². The maximum absolute atomic E-state index is 6.13. The van der Waals surface area contributed by atoms with Crippen molar-refractivity contribution in [2.75, 3.05) is 27.2 Å². The third-order valence-electron chi connectivity index (χ3n) is 6.76. The van der Waals surface area contributed by atoms with E-state index < -0.39 is 0 Å². The lowest BCUT2D eigenvalue weighted by Gasteiger charge is -2.11. The molecule has 8 bridgehead atoms. The summed E-state index contributed by atoms with van der Waals surface area (Å²) in [5.74, 6) is 0.395. The minimum atomic E-state index is -0.0956. The van der Waals surface area contributed by atoms with Gasteiger partial charge >= 0.3 is 0 Å². The summed E-state index contributed by atoms with van der Waals surface area (Å²) in [6.45, 7) is 1.62. The highest BCUT2D eigenvalue weighted by Gasteiger charge is 2.43. The van der Waals surface area contributed by atoms with Crippen LogP contribution < -0.4 is 0 Å². The van der Waals surface area contributed by atoms with Gasteiger partial charge < -0.3 is 9.97 Å². The molecule has 0 radical (unpaired) electrons. The summed E-state index contributed by atoms with van der Waals surface area (Å²) in [5.41, 5.74) is 8.04. The average Bonchev–Trinajstić information content (AvgIpc) is 3.55. The average molecular weight is 428 g/mol. The van der Waals surface area contributed by atoms with Gasteiger partial charge in [0.1, 0.15) is 12.2 Å². The SMILES string of the molecule is CN1CC2c3cc4ccc(cc5ccc(cc6nc(cc(n3)C2O1)C1ON(C)CC61)[nH]5)[nH]4. The van der Waals surface area contributed by atoms with Gasteiger partial charge in [-0.3, -0.25) is 19.6 Å². The van der Waals surface area contributed by atoms with Crippen molar-refractivity contribution >= 4 is 22.1 Å². The number of aromatic nitrogens is 4. The molecule has 162 valence electrons. The quantitative estimate of drug-likeness (QED) is 0.568. The smallest absolute Gasteiger partial charge is 0.131 e. The number of likely N-dealkylation sites (N-methyl/N-ethyl adjacent to an activating group) is 2. The topological polar surface area (TPSA) is 82.3 Å². The Balaban J connectivity index is 1.52. The van der Waals surface area contributed by atoms with E-state index in [-0.39, 0.29) is 24.0 Å². The molecule has 2 saturated heterocycles. The van der Waals surface area contributed by atoms with Gasteiger partial charge in [0.15, 0.2) is 0 Å². The van der Waals surface area contributed by atoms with E-state index in [9.17, 15) is 0 Å². The number of hydrogen-bond donors (Lipinski definition) is 2. The third kappa shape index (κ3) is 2.91. The summed E-state index contributed by atoms with van der Waals surface area (Å²) in [6, 6.07) is 16.8. The molecule has 0 aliphatic carbocycles. The first-order chi connectivity index (χ1) is 15.6. The second-order valence-electron chi connectivity index (χ2n) is 9.12. The Morgan fingerprint density at radius 1 is 0.656 bits per heavy atom. The Hall–Kier alpha value is -3.04. The van der Waals surface area contributed by atoms with E-state index in [4.69, 9.17) is 19.6 Å². The van der Waals surface area contributed by atoms with Crippen LogP contribution in [0.3, 0.4) is 0 Å². The fourth-order valence-electron chi connectivity index (χ4n) is 5.32. The third-order valence-corrected chi connectivity index (χ3v) is 6.76. The molecule has 4 aliphatic heterocycles. The van der Waals surface area contributed by atoms with Crippen molar-refractivity contribution in [3.8, 4) is 0 Å². The lowest BCUT2D eigenvalue weighted by atomic mass is 9.98. The van der Waals surface area contributed by atoms with Crippen molar-refractivity contribution in [2.24, 2.45) is 0 Å². The predicted octanol–water partition coefficient (Wildman–Crippen LogP) is 3.72. The number of nitrogens with zero attached hydrogens (tertiary/aromatic N) is 4. The van der Waals surface area contributed by atoms with Crippen molar-refractivity contribution < 1.29 is 9.68 Å². The van der Waals surface area contributed by atoms with Crippen LogP contribution >= 0.6 is 0 Å². The zero-order valence-corrected chi connectivity index (χ0v) is 17.9. The van der Waals surface area contributed by atoms with Crippen molar-refractivity contribution in [3.63, 3.8) is 0 Å². The molecule has 4 unspecified atom stereocenters. The minimum absolute atomic E-state index is 0.0956. The summed E-state index contributed by atoms with van der Waals surface area (Å²) in [5, 5.41) is 3.81.